The molecule has 0 amide bonds. The molecular formula is C35H65F3O4SSi2. The standard InChI is InChI=1S/C35H65F3O4SSi2/c1-14-15-19-26(2)24-27(41-44(10,11)33(3,4)5)21-22-28-30(42-45(12,13)34(6,7)8)25-29(35(36,37)38)32(28)43-23-18-16-17-20-31(39)40-9/h21-22,26-28,30H,14-20,23-25H2,1-13H3/b22-21+/t26-,27-,28+,30-/m1/s1. The second kappa shape index (κ2) is 17.7. The van der Waals surface area contributed by atoms with Crippen LogP contribution in [-0.4, -0.2) is 53.9 Å². The van der Waals surface area contributed by atoms with Gasteiger partial charge < -0.3 is 13.6 Å². The average Bonchev–Trinajstić information content (AvgIpc) is 3.22. The van der Waals surface area contributed by atoms with Crippen LogP contribution in [0.1, 0.15) is 113 Å². The first-order valence-electron chi connectivity index (χ1n) is 17.0. The van der Waals surface area contributed by atoms with Crippen LogP contribution in [0, 0.1) is 11.8 Å². The van der Waals surface area contributed by atoms with Crippen molar-refractivity contribution in [2.45, 2.75) is 168 Å². The summed E-state index contributed by atoms with van der Waals surface area (Å²) in [5.41, 5.74) is -0.446. The van der Waals surface area contributed by atoms with Crippen LogP contribution in [0.25, 0.3) is 0 Å². The number of halogens is 3. The highest BCUT2D eigenvalue weighted by molar-refractivity contribution is 8.03. The summed E-state index contributed by atoms with van der Waals surface area (Å²) in [6, 6.07) is 0. The van der Waals surface area contributed by atoms with Crippen molar-refractivity contribution in [1.29, 1.82) is 0 Å². The summed E-state index contributed by atoms with van der Waals surface area (Å²) in [5, 5.41) is -0.108. The number of unbranched alkanes of at least 4 members (excludes halogenated alkanes) is 3. The predicted molar refractivity (Wildman–Crippen MR) is 191 cm³/mol. The smallest absolute Gasteiger partial charge is 0.413 e. The normalized spacial score (nSPS) is 20.3. The minimum absolute atomic E-state index is 0.0192. The van der Waals surface area contributed by atoms with Gasteiger partial charge in [0.2, 0.25) is 0 Å². The third-order valence-electron chi connectivity index (χ3n) is 9.98. The van der Waals surface area contributed by atoms with E-state index in [1.54, 1.807) is 0 Å². The molecule has 0 radical (unpaired) electrons. The number of carbonyl (C=O) groups excluding carboxylic acids is 1. The zero-order valence-corrected chi connectivity index (χ0v) is 33.5. The Morgan fingerprint density at radius 2 is 1.58 bits per heavy atom. The molecule has 4 atom stereocenters. The van der Waals surface area contributed by atoms with E-state index in [2.05, 4.69) is 87.7 Å². The summed E-state index contributed by atoms with van der Waals surface area (Å²) in [6.45, 7) is 26.2. The van der Waals surface area contributed by atoms with Crippen molar-refractivity contribution in [2.75, 3.05) is 12.9 Å². The fourth-order valence-corrected chi connectivity index (χ4v) is 8.97. The summed E-state index contributed by atoms with van der Waals surface area (Å²) in [5.74, 6) is 0.278. The molecule has 10 heteroatoms. The quantitative estimate of drug-likeness (QED) is 0.0618. The van der Waals surface area contributed by atoms with Gasteiger partial charge in [-0.2, -0.15) is 13.2 Å². The minimum atomic E-state index is -4.42. The van der Waals surface area contributed by atoms with Crippen LogP contribution in [-0.2, 0) is 18.4 Å². The first kappa shape index (κ1) is 42.5. The lowest BCUT2D eigenvalue weighted by atomic mass is 9.96. The predicted octanol–water partition coefficient (Wildman–Crippen LogP) is 11.8. The van der Waals surface area contributed by atoms with Crippen molar-refractivity contribution >= 4 is 34.4 Å². The lowest BCUT2D eigenvalue weighted by Crippen LogP contribution is -2.45. The molecule has 0 fully saturated rings. The number of hydrogen-bond donors (Lipinski definition) is 0. The van der Waals surface area contributed by atoms with Crippen molar-refractivity contribution < 1.29 is 31.6 Å². The van der Waals surface area contributed by atoms with Gasteiger partial charge in [0.1, 0.15) is 0 Å². The van der Waals surface area contributed by atoms with Gasteiger partial charge in [-0.15, -0.1) is 11.8 Å². The summed E-state index contributed by atoms with van der Waals surface area (Å²) in [6.07, 6.45) is 5.54. The lowest BCUT2D eigenvalue weighted by molar-refractivity contribution is -0.140. The van der Waals surface area contributed by atoms with Gasteiger partial charge in [-0.05, 0) is 67.2 Å². The van der Waals surface area contributed by atoms with Crippen LogP contribution >= 0.6 is 11.8 Å². The summed E-state index contributed by atoms with van der Waals surface area (Å²) >= 11 is 1.32. The number of ether oxygens (including phenoxy) is 1. The molecule has 1 aliphatic carbocycles. The largest absolute Gasteiger partial charge is 0.469 e. The second-order valence-corrected chi connectivity index (χ2v) is 26.7. The van der Waals surface area contributed by atoms with E-state index in [9.17, 15) is 18.0 Å². The van der Waals surface area contributed by atoms with Crippen molar-refractivity contribution in [2.24, 2.45) is 11.8 Å². The van der Waals surface area contributed by atoms with Crippen molar-refractivity contribution in [3.63, 3.8) is 0 Å². The number of esters is 1. The molecule has 0 saturated carbocycles. The Morgan fingerprint density at radius 1 is 0.978 bits per heavy atom. The molecule has 4 nitrogen and oxygen atoms in total. The number of methoxy groups -OCH3 is 1. The van der Waals surface area contributed by atoms with Gasteiger partial charge in [-0.1, -0.05) is 93.2 Å². The van der Waals surface area contributed by atoms with E-state index in [-0.39, 0.29) is 28.6 Å². The van der Waals surface area contributed by atoms with Gasteiger partial charge in [0.25, 0.3) is 0 Å². The van der Waals surface area contributed by atoms with E-state index in [0.717, 1.165) is 38.5 Å². The molecule has 0 spiro atoms. The van der Waals surface area contributed by atoms with E-state index in [1.807, 2.05) is 6.08 Å². The first-order valence-corrected chi connectivity index (χ1v) is 23.8. The van der Waals surface area contributed by atoms with Gasteiger partial charge >= 0.3 is 12.1 Å². The molecule has 0 N–H and O–H groups in total. The fourth-order valence-electron chi connectivity index (χ4n) is 4.98. The Labute approximate surface area is 280 Å². The number of hydrogen-bond acceptors (Lipinski definition) is 5. The van der Waals surface area contributed by atoms with Crippen LogP contribution in [0.5, 0.6) is 0 Å². The Hall–Kier alpha value is -0.556. The van der Waals surface area contributed by atoms with Gasteiger partial charge in [0.15, 0.2) is 16.6 Å². The maximum absolute atomic E-state index is 14.6. The fraction of sp³-hybridized carbons (Fsp3) is 0.857. The Balaban J connectivity index is 3.48. The number of thioether (sulfide) groups is 1. The van der Waals surface area contributed by atoms with Crippen molar-refractivity contribution in [3.8, 4) is 0 Å². The maximum atomic E-state index is 14.6. The molecule has 0 aromatic heterocycles. The van der Waals surface area contributed by atoms with Gasteiger partial charge in [0, 0.05) is 29.2 Å². The molecule has 0 heterocycles. The van der Waals surface area contributed by atoms with E-state index in [1.165, 1.54) is 18.9 Å². The summed E-state index contributed by atoms with van der Waals surface area (Å²) in [4.78, 5) is 11.9. The highest BCUT2D eigenvalue weighted by atomic mass is 32.2. The molecule has 0 saturated heterocycles. The molecule has 0 aliphatic heterocycles. The zero-order valence-electron chi connectivity index (χ0n) is 30.7. The minimum Gasteiger partial charge on any atom is -0.469 e. The number of alkyl halides is 3. The van der Waals surface area contributed by atoms with E-state index >= 15 is 0 Å². The van der Waals surface area contributed by atoms with Crippen LogP contribution in [0.3, 0.4) is 0 Å². The van der Waals surface area contributed by atoms with E-state index in [0.29, 0.717) is 29.4 Å². The highest BCUT2D eigenvalue weighted by Gasteiger charge is 2.49. The highest BCUT2D eigenvalue weighted by Crippen LogP contribution is 2.50. The molecule has 0 aromatic rings. The SMILES string of the molecule is CCCC[C@@H](C)C[C@@H](/C=C/[C@@H]1C(SCCCCCC(=O)OC)=C(C(F)(F)F)C[C@H]1O[Si](C)(C)C(C)(C)C)O[Si](C)(C)C(C)(C)C. The molecule has 0 unspecified atom stereocenters. The Bertz CT molecular complexity index is 981. The molecule has 0 bridgehead atoms. The van der Waals surface area contributed by atoms with E-state index in [4.69, 9.17) is 13.6 Å². The second-order valence-electron chi connectivity index (χ2n) is 16.0. The third kappa shape index (κ3) is 13.8. The molecular weight excluding hydrogens is 630 g/mol. The topological polar surface area (TPSA) is 44.8 Å². The summed E-state index contributed by atoms with van der Waals surface area (Å²) in [7, 11) is -3.12. The van der Waals surface area contributed by atoms with Crippen LogP contribution in [0.2, 0.25) is 36.3 Å². The van der Waals surface area contributed by atoms with E-state index < -0.39 is 40.4 Å². The van der Waals surface area contributed by atoms with Crippen LogP contribution < -0.4 is 0 Å². The third-order valence-corrected chi connectivity index (χ3v) is 20.3. The molecule has 264 valence electrons. The van der Waals surface area contributed by atoms with Crippen LogP contribution in [0.4, 0.5) is 13.2 Å². The van der Waals surface area contributed by atoms with Gasteiger partial charge in [-0.25, -0.2) is 0 Å². The first-order chi connectivity index (χ1) is 20.5. The van der Waals surface area contributed by atoms with Gasteiger partial charge in [0.05, 0.1) is 19.3 Å². The maximum Gasteiger partial charge on any atom is 0.413 e. The lowest BCUT2D eigenvalue weighted by Gasteiger charge is -2.40. The van der Waals surface area contributed by atoms with Crippen molar-refractivity contribution in [3.05, 3.63) is 22.6 Å². The molecule has 1 rings (SSSR count). The molecule has 0 aromatic carbocycles. The zero-order chi connectivity index (χ0) is 34.9. The average molecular weight is 695 g/mol. The number of rotatable bonds is 18. The van der Waals surface area contributed by atoms with Gasteiger partial charge in [-0.3, -0.25) is 4.79 Å². The van der Waals surface area contributed by atoms with Crippen molar-refractivity contribution in [1.82, 2.24) is 0 Å². The van der Waals surface area contributed by atoms with Crippen LogP contribution in [0.15, 0.2) is 22.6 Å². The summed E-state index contributed by atoms with van der Waals surface area (Å²) < 4.78 is 62.3. The Kier molecular flexibility index (Phi) is 16.7. The molecule has 45 heavy (non-hydrogen) atoms. The monoisotopic (exact) mass is 694 g/mol. The molecule has 1 aliphatic rings. The number of carbonyl (C=O) groups is 1. The Morgan fingerprint density at radius 3 is 2.09 bits per heavy atom.